The van der Waals surface area contributed by atoms with Crippen molar-refractivity contribution in [2.75, 3.05) is 13.1 Å². The Bertz CT molecular complexity index is 712. The maximum absolute atomic E-state index is 11.6. The van der Waals surface area contributed by atoms with Gasteiger partial charge in [0.25, 0.3) is 0 Å². The molecule has 1 amide bonds. The first-order valence-corrected chi connectivity index (χ1v) is 9.60. The maximum Gasteiger partial charge on any atom is 0.305 e. The fraction of sp³-hybridized carbons (Fsp3) is 0.444. The van der Waals surface area contributed by atoms with Crippen LogP contribution in [0.1, 0.15) is 36.8 Å². The number of thioether (sulfide) groups is 1. The smallest absolute Gasteiger partial charge is 0.305 e. The molecule has 1 unspecified atom stereocenters. The largest absolute Gasteiger partial charge is 0.481 e. The van der Waals surface area contributed by atoms with Gasteiger partial charge in [0.15, 0.2) is 5.17 Å². The van der Waals surface area contributed by atoms with Crippen molar-refractivity contribution in [3.05, 3.63) is 35.4 Å². The van der Waals surface area contributed by atoms with Crippen molar-refractivity contribution in [2.24, 2.45) is 10.2 Å². The van der Waals surface area contributed by atoms with Gasteiger partial charge in [-0.05, 0) is 37.1 Å². The van der Waals surface area contributed by atoms with Crippen LogP contribution in [0.15, 0.2) is 34.5 Å². The summed E-state index contributed by atoms with van der Waals surface area (Å²) >= 11 is 1.09. The van der Waals surface area contributed by atoms with Gasteiger partial charge in [-0.2, -0.15) is 5.10 Å². The summed E-state index contributed by atoms with van der Waals surface area (Å²) in [4.78, 5) is 24.8. The second-order valence-corrected chi connectivity index (χ2v) is 7.61. The molecular weight excluding hydrogens is 352 g/mol. The lowest BCUT2D eigenvalue weighted by Gasteiger charge is -2.26. The molecule has 1 aromatic carbocycles. The highest BCUT2D eigenvalue weighted by Crippen LogP contribution is 2.22. The third-order valence-corrected chi connectivity index (χ3v) is 5.40. The van der Waals surface area contributed by atoms with Crippen LogP contribution in [-0.2, 0) is 16.1 Å². The summed E-state index contributed by atoms with van der Waals surface area (Å²) in [6, 6.07) is 8.18. The monoisotopic (exact) mass is 374 g/mol. The van der Waals surface area contributed by atoms with E-state index in [0.717, 1.165) is 23.9 Å². The Balaban J connectivity index is 1.52. The van der Waals surface area contributed by atoms with E-state index in [9.17, 15) is 9.59 Å². The summed E-state index contributed by atoms with van der Waals surface area (Å²) in [6.07, 6.45) is 5.30. The lowest BCUT2D eigenvalue weighted by molar-refractivity contribution is -0.138. The first-order valence-electron chi connectivity index (χ1n) is 8.72. The number of likely N-dealkylation sites (tertiary alicyclic amines) is 1. The van der Waals surface area contributed by atoms with E-state index >= 15 is 0 Å². The van der Waals surface area contributed by atoms with Gasteiger partial charge in [0, 0.05) is 6.54 Å². The summed E-state index contributed by atoms with van der Waals surface area (Å²) in [6.45, 7) is 3.33. The molecule has 2 N–H and O–H groups in total. The summed E-state index contributed by atoms with van der Waals surface area (Å²) < 4.78 is 0. The van der Waals surface area contributed by atoms with Crippen molar-refractivity contribution >= 4 is 35.0 Å². The van der Waals surface area contributed by atoms with E-state index < -0.39 is 11.2 Å². The molecular formula is C18H22N4O3S. The van der Waals surface area contributed by atoms with Crippen molar-refractivity contribution in [3.8, 4) is 0 Å². The molecule has 0 bridgehead atoms. The van der Waals surface area contributed by atoms with Gasteiger partial charge in [0.1, 0.15) is 5.25 Å². The van der Waals surface area contributed by atoms with Crippen LogP contribution in [0.2, 0.25) is 0 Å². The first kappa shape index (κ1) is 18.6. The second-order valence-electron chi connectivity index (χ2n) is 6.42. The van der Waals surface area contributed by atoms with Crippen LogP contribution in [0.3, 0.4) is 0 Å². The Labute approximate surface area is 156 Å². The summed E-state index contributed by atoms with van der Waals surface area (Å²) in [5.74, 6) is -1.35. The number of rotatable bonds is 6. The molecule has 0 saturated carbocycles. The third kappa shape index (κ3) is 5.40. The lowest BCUT2D eigenvalue weighted by Crippen LogP contribution is -2.29. The molecule has 1 atom stereocenters. The van der Waals surface area contributed by atoms with Gasteiger partial charge in [-0.1, -0.05) is 42.4 Å². The van der Waals surface area contributed by atoms with Gasteiger partial charge in [0.2, 0.25) is 5.91 Å². The SMILES string of the molecule is O=C(O)CC1SC(=NN=Cc2ccc(CN3CCCCC3)cc2)NC1=O. The molecule has 2 saturated heterocycles. The van der Waals surface area contributed by atoms with Gasteiger partial charge in [-0.15, -0.1) is 5.10 Å². The number of carboxylic acid groups (broad SMARTS) is 1. The van der Waals surface area contributed by atoms with Crippen LogP contribution >= 0.6 is 11.8 Å². The van der Waals surface area contributed by atoms with E-state index in [-0.39, 0.29) is 12.3 Å². The number of nitrogens with zero attached hydrogens (tertiary/aromatic N) is 3. The standard InChI is InChI=1S/C18H22N4O3S/c23-16(24)10-15-17(25)20-18(26-15)21-19-11-13-4-6-14(7-5-13)12-22-8-2-1-3-9-22/h4-7,11,15H,1-3,8-10,12H2,(H,23,24)(H,20,21,25). The third-order valence-electron chi connectivity index (χ3n) is 4.33. The molecule has 138 valence electrons. The average molecular weight is 374 g/mol. The number of piperidine rings is 1. The minimum atomic E-state index is -1.01. The zero-order valence-electron chi connectivity index (χ0n) is 14.4. The predicted molar refractivity (Wildman–Crippen MR) is 102 cm³/mol. The quantitative estimate of drug-likeness (QED) is 0.587. The molecule has 0 aromatic heterocycles. The fourth-order valence-corrected chi connectivity index (χ4v) is 3.89. The highest BCUT2D eigenvalue weighted by Gasteiger charge is 2.32. The van der Waals surface area contributed by atoms with Gasteiger partial charge in [-0.25, -0.2) is 0 Å². The van der Waals surface area contributed by atoms with E-state index in [1.54, 1.807) is 6.21 Å². The Morgan fingerprint density at radius 2 is 2.00 bits per heavy atom. The van der Waals surface area contributed by atoms with Crippen molar-refractivity contribution in [2.45, 2.75) is 37.5 Å². The molecule has 2 fully saturated rings. The van der Waals surface area contributed by atoms with Crippen molar-refractivity contribution in [1.29, 1.82) is 0 Å². The van der Waals surface area contributed by atoms with Gasteiger partial charge in [-0.3, -0.25) is 14.5 Å². The molecule has 0 spiro atoms. The van der Waals surface area contributed by atoms with E-state index in [1.807, 2.05) is 12.1 Å². The minimum absolute atomic E-state index is 0.224. The predicted octanol–water partition coefficient (Wildman–Crippen LogP) is 2.07. The Morgan fingerprint density at radius 1 is 1.27 bits per heavy atom. The lowest BCUT2D eigenvalue weighted by atomic mass is 10.1. The molecule has 0 aliphatic carbocycles. The molecule has 1 aromatic rings. The zero-order chi connectivity index (χ0) is 18.4. The van der Waals surface area contributed by atoms with Crippen LogP contribution < -0.4 is 5.32 Å². The van der Waals surface area contributed by atoms with E-state index in [1.165, 1.54) is 37.9 Å². The molecule has 7 nitrogen and oxygen atoms in total. The average Bonchev–Trinajstić information content (AvgIpc) is 2.96. The van der Waals surface area contributed by atoms with Gasteiger partial charge in [0.05, 0.1) is 12.6 Å². The Kier molecular flexibility index (Phi) is 6.40. The highest BCUT2D eigenvalue weighted by molar-refractivity contribution is 8.15. The highest BCUT2D eigenvalue weighted by atomic mass is 32.2. The van der Waals surface area contributed by atoms with Gasteiger partial charge >= 0.3 is 5.97 Å². The first-order chi connectivity index (χ1) is 12.6. The normalized spacial score (nSPS) is 22.8. The molecule has 0 radical (unpaired) electrons. The van der Waals surface area contributed by atoms with Crippen LogP contribution in [-0.4, -0.2) is 51.6 Å². The second kappa shape index (κ2) is 8.95. The van der Waals surface area contributed by atoms with Crippen LogP contribution in [0.4, 0.5) is 0 Å². The van der Waals surface area contributed by atoms with E-state index in [2.05, 4.69) is 32.6 Å². The minimum Gasteiger partial charge on any atom is -0.481 e. The number of nitrogens with one attached hydrogen (secondary N) is 1. The number of carboxylic acids is 1. The van der Waals surface area contributed by atoms with Crippen molar-refractivity contribution < 1.29 is 14.7 Å². The number of benzene rings is 1. The molecule has 26 heavy (non-hydrogen) atoms. The molecule has 2 heterocycles. The van der Waals surface area contributed by atoms with Crippen LogP contribution in [0.25, 0.3) is 0 Å². The van der Waals surface area contributed by atoms with Crippen molar-refractivity contribution in [3.63, 3.8) is 0 Å². The fourth-order valence-electron chi connectivity index (χ4n) is 2.98. The maximum atomic E-state index is 11.6. The topological polar surface area (TPSA) is 94.4 Å². The van der Waals surface area contributed by atoms with Crippen LogP contribution in [0, 0.1) is 0 Å². The number of carbonyl (C=O) groups excluding carboxylic acids is 1. The Morgan fingerprint density at radius 3 is 2.69 bits per heavy atom. The van der Waals surface area contributed by atoms with Crippen LogP contribution in [0.5, 0.6) is 0 Å². The number of carbonyl (C=O) groups is 2. The molecule has 3 rings (SSSR count). The number of aliphatic carboxylic acids is 1. The molecule has 8 heteroatoms. The molecule has 2 aliphatic heterocycles. The number of hydrogen-bond acceptors (Lipinski definition) is 6. The Hall–Kier alpha value is -2.19. The van der Waals surface area contributed by atoms with Crippen molar-refractivity contribution in [1.82, 2.24) is 10.2 Å². The zero-order valence-corrected chi connectivity index (χ0v) is 15.2. The number of amidine groups is 1. The summed E-state index contributed by atoms with van der Waals surface area (Å²) in [5.41, 5.74) is 2.21. The molecule has 2 aliphatic rings. The van der Waals surface area contributed by atoms with Gasteiger partial charge < -0.3 is 10.4 Å². The summed E-state index contributed by atoms with van der Waals surface area (Å²) in [7, 11) is 0. The van der Waals surface area contributed by atoms with E-state index in [4.69, 9.17) is 5.11 Å². The summed E-state index contributed by atoms with van der Waals surface area (Å²) in [5, 5.41) is 18.9. The number of hydrogen-bond donors (Lipinski definition) is 2. The van der Waals surface area contributed by atoms with E-state index in [0.29, 0.717) is 5.17 Å². The number of amides is 1.